The van der Waals surface area contributed by atoms with Gasteiger partial charge >= 0.3 is 0 Å². The first-order valence-electron chi connectivity index (χ1n) is 13.4. The van der Waals surface area contributed by atoms with Crippen molar-refractivity contribution in [1.82, 2.24) is 0 Å². The predicted octanol–water partition coefficient (Wildman–Crippen LogP) is 6.40. The van der Waals surface area contributed by atoms with Gasteiger partial charge in [-0.15, -0.1) is 0 Å². The number of carbonyl (C=O) groups excluding carboxylic acids is 3. The molecule has 10 heteroatoms. The third-order valence-electron chi connectivity index (χ3n) is 6.60. The van der Waals surface area contributed by atoms with Crippen molar-refractivity contribution in [2.75, 3.05) is 29.8 Å². The molecule has 0 saturated carbocycles. The number of hydrogen-bond acceptors (Lipinski definition) is 7. The Kier molecular flexibility index (Phi) is 9.07. The van der Waals surface area contributed by atoms with Crippen LogP contribution in [0.3, 0.4) is 0 Å². The van der Waals surface area contributed by atoms with E-state index in [1.165, 1.54) is 38.5 Å². The lowest BCUT2D eigenvalue weighted by Gasteiger charge is -2.19. The van der Waals surface area contributed by atoms with Crippen molar-refractivity contribution in [2.45, 2.75) is 17.7 Å². The van der Waals surface area contributed by atoms with E-state index in [2.05, 4.69) is 10.6 Å². The van der Waals surface area contributed by atoms with Crippen LogP contribution in [0.4, 0.5) is 21.5 Å². The molecule has 0 unspecified atom stereocenters. The molecule has 0 fully saturated rings. The van der Waals surface area contributed by atoms with Gasteiger partial charge in [-0.1, -0.05) is 48.2 Å². The van der Waals surface area contributed by atoms with Gasteiger partial charge in [0, 0.05) is 28.8 Å². The summed E-state index contributed by atoms with van der Waals surface area (Å²) in [5, 5.41) is 5.91. The van der Waals surface area contributed by atoms with Gasteiger partial charge < -0.3 is 20.1 Å². The maximum atomic E-state index is 13.9. The molecule has 2 N–H and O–H groups in total. The number of anilines is 3. The van der Waals surface area contributed by atoms with E-state index >= 15 is 0 Å². The zero-order chi connectivity index (χ0) is 30.3. The zero-order valence-electron chi connectivity index (χ0n) is 23.4. The highest BCUT2D eigenvalue weighted by molar-refractivity contribution is 8.04. The predicted molar refractivity (Wildman–Crippen MR) is 165 cm³/mol. The topological polar surface area (TPSA) is 97.0 Å². The summed E-state index contributed by atoms with van der Waals surface area (Å²) in [4.78, 5) is 42.0. The maximum Gasteiger partial charge on any atom is 0.283 e. The quantitative estimate of drug-likeness (QED) is 0.193. The van der Waals surface area contributed by atoms with Gasteiger partial charge in [0.1, 0.15) is 27.9 Å². The van der Waals surface area contributed by atoms with E-state index in [1.807, 2.05) is 30.3 Å². The minimum absolute atomic E-state index is 0.0248. The molecule has 0 radical (unpaired) electrons. The number of nitrogens with one attached hydrogen (secondary N) is 2. The molecule has 218 valence electrons. The number of ether oxygens (including phenoxy) is 2. The Morgan fingerprint density at radius 2 is 1.60 bits per heavy atom. The number of rotatable bonds is 11. The van der Waals surface area contributed by atoms with Gasteiger partial charge in [-0.05, 0) is 66.6 Å². The number of nitrogens with zero attached hydrogens (tertiary/aromatic N) is 1. The van der Waals surface area contributed by atoms with Crippen molar-refractivity contribution in [2.24, 2.45) is 0 Å². The van der Waals surface area contributed by atoms with Crippen LogP contribution >= 0.6 is 11.8 Å². The van der Waals surface area contributed by atoms with E-state index < -0.39 is 17.6 Å². The Morgan fingerprint density at radius 1 is 0.837 bits per heavy atom. The molecule has 8 nitrogen and oxygen atoms in total. The van der Waals surface area contributed by atoms with Crippen LogP contribution in [0.2, 0.25) is 0 Å². The molecule has 4 aromatic rings. The van der Waals surface area contributed by atoms with Gasteiger partial charge in [0.25, 0.3) is 11.8 Å². The van der Waals surface area contributed by atoms with Crippen LogP contribution in [0.1, 0.15) is 12.0 Å². The third kappa shape index (κ3) is 6.87. The third-order valence-corrected chi connectivity index (χ3v) is 7.68. The van der Waals surface area contributed by atoms with E-state index in [-0.39, 0.29) is 27.9 Å². The van der Waals surface area contributed by atoms with Crippen LogP contribution < -0.4 is 25.0 Å². The lowest BCUT2D eigenvalue weighted by molar-refractivity contribution is -0.120. The van der Waals surface area contributed by atoms with Crippen molar-refractivity contribution in [3.63, 3.8) is 0 Å². The SMILES string of the molecule is COc1ccc(N2C(=O)C(Nc3ccc(F)cc3)=C(Sc3cccc(NC(=O)CCc4ccccc4)c3)C2=O)c(OC)c1. The van der Waals surface area contributed by atoms with Crippen LogP contribution in [-0.4, -0.2) is 31.9 Å². The molecule has 0 aliphatic carbocycles. The van der Waals surface area contributed by atoms with Crippen LogP contribution in [-0.2, 0) is 20.8 Å². The number of benzene rings is 4. The van der Waals surface area contributed by atoms with E-state index in [4.69, 9.17) is 9.47 Å². The van der Waals surface area contributed by atoms with Crippen molar-refractivity contribution >= 4 is 46.5 Å². The van der Waals surface area contributed by atoms with Crippen LogP contribution in [0.15, 0.2) is 113 Å². The molecule has 0 atom stereocenters. The summed E-state index contributed by atoms with van der Waals surface area (Å²) >= 11 is 1.08. The number of carbonyl (C=O) groups is 3. The van der Waals surface area contributed by atoms with Crippen molar-refractivity contribution < 1.29 is 28.2 Å². The number of halogens is 1. The highest BCUT2D eigenvalue weighted by Gasteiger charge is 2.41. The Hall–Kier alpha value is -5.09. The van der Waals surface area contributed by atoms with E-state index in [9.17, 15) is 18.8 Å². The molecule has 5 rings (SSSR count). The van der Waals surface area contributed by atoms with Gasteiger partial charge in [-0.2, -0.15) is 0 Å². The summed E-state index contributed by atoms with van der Waals surface area (Å²) in [6.45, 7) is 0. The largest absolute Gasteiger partial charge is 0.497 e. The number of imide groups is 1. The fourth-order valence-electron chi connectivity index (χ4n) is 4.46. The van der Waals surface area contributed by atoms with Crippen molar-refractivity contribution in [3.8, 4) is 11.5 Å². The number of methoxy groups -OCH3 is 2. The smallest absolute Gasteiger partial charge is 0.283 e. The summed E-state index contributed by atoms with van der Waals surface area (Å²) in [7, 11) is 2.94. The van der Waals surface area contributed by atoms with E-state index in [0.717, 1.165) is 22.2 Å². The van der Waals surface area contributed by atoms with Crippen LogP contribution in [0, 0.1) is 5.82 Å². The molecule has 0 saturated heterocycles. The monoisotopic (exact) mass is 597 g/mol. The first kappa shape index (κ1) is 29.4. The van der Waals surface area contributed by atoms with Crippen LogP contribution in [0.25, 0.3) is 0 Å². The average molecular weight is 598 g/mol. The molecule has 43 heavy (non-hydrogen) atoms. The summed E-state index contributed by atoms with van der Waals surface area (Å²) in [6.07, 6.45) is 0.914. The first-order valence-corrected chi connectivity index (χ1v) is 14.2. The maximum absolute atomic E-state index is 13.9. The average Bonchev–Trinajstić information content (AvgIpc) is 3.25. The minimum atomic E-state index is -0.606. The molecule has 4 aromatic carbocycles. The second-order valence-corrected chi connectivity index (χ2v) is 10.6. The molecule has 0 aromatic heterocycles. The number of amides is 3. The van der Waals surface area contributed by atoms with Crippen LogP contribution in [0.5, 0.6) is 11.5 Å². The Morgan fingerprint density at radius 3 is 2.33 bits per heavy atom. The number of hydrogen-bond donors (Lipinski definition) is 2. The standard InChI is InChI=1S/C33H28FN3O5S/c1-41-25-16-17-27(28(20-25)42-2)37-32(39)30(36-23-14-12-22(34)13-15-23)31(33(37)40)43-26-10-6-9-24(19-26)35-29(38)18-11-21-7-4-3-5-8-21/h3-10,12-17,19-20,36H,11,18H2,1-2H3,(H,35,38). The molecule has 1 aliphatic heterocycles. The van der Waals surface area contributed by atoms with Gasteiger partial charge in [0.05, 0.1) is 19.9 Å². The Labute approximate surface area is 252 Å². The second-order valence-electron chi connectivity index (χ2n) is 9.48. The normalized spacial score (nSPS) is 12.9. The first-order chi connectivity index (χ1) is 20.9. The summed E-state index contributed by atoms with van der Waals surface area (Å²) < 4.78 is 24.3. The van der Waals surface area contributed by atoms with Gasteiger partial charge in [0.15, 0.2) is 0 Å². The second kappa shape index (κ2) is 13.3. The summed E-state index contributed by atoms with van der Waals surface area (Å²) in [5.41, 5.74) is 2.32. The molecule has 3 amide bonds. The van der Waals surface area contributed by atoms with E-state index in [0.29, 0.717) is 34.9 Å². The summed E-state index contributed by atoms with van der Waals surface area (Å²) in [6, 6.07) is 27.0. The zero-order valence-corrected chi connectivity index (χ0v) is 24.2. The molecule has 0 bridgehead atoms. The Bertz CT molecular complexity index is 1690. The fourth-order valence-corrected chi connectivity index (χ4v) is 5.45. The summed E-state index contributed by atoms with van der Waals surface area (Å²) in [5.74, 6) is -0.988. The number of thioether (sulfide) groups is 1. The molecular weight excluding hydrogens is 569 g/mol. The molecular formula is C33H28FN3O5S. The van der Waals surface area contributed by atoms with E-state index in [1.54, 1.807) is 42.5 Å². The molecule has 1 aliphatic rings. The lowest BCUT2D eigenvalue weighted by atomic mass is 10.1. The Balaban J connectivity index is 1.41. The minimum Gasteiger partial charge on any atom is -0.497 e. The lowest BCUT2D eigenvalue weighted by Crippen LogP contribution is -2.32. The van der Waals surface area contributed by atoms with Gasteiger partial charge in [0.2, 0.25) is 5.91 Å². The highest BCUT2D eigenvalue weighted by Crippen LogP contribution is 2.42. The van der Waals surface area contributed by atoms with Crippen molar-refractivity contribution in [3.05, 3.63) is 119 Å². The van der Waals surface area contributed by atoms with Gasteiger partial charge in [-0.3, -0.25) is 14.4 Å². The number of aryl methyl sites for hydroxylation is 1. The molecule has 1 heterocycles. The molecule has 0 spiro atoms. The van der Waals surface area contributed by atoms with Crippen molar-refractivity contribution in [1.29, 1.82) is 0 Å². The highest BCUT2D eigenvalue weighted by atomic mass is 32.2. The fraction of sp³-hybridized carbons (Fsp3) is 0.121. The van der Waals surface area contributed by atoms with Gasteiger partial charge in [-0.25, -0.2) is 9.29 Å².